The van der Waals surface area contributed by atoms with Crippen LogP contribution in [0.5, 0.6) is 0 Å². The van der Waals surface area contributed by atoms with Gasteiger partial charge in [-0.15, -0.1) is 0 Å². The van der Waals surface area contributed by atoms with Crippen molar-refractivity contribution in [2.24, 2.45) is 0 Å². The number of anilines is 1. The first-order valence-corrected chi connectivity index (χ1v) is 9.00. The number of benzene rings is 2. The number of nitro groups is 2. The summed E-state index contributed by atoms with van der Waals surface area (Å²) in [5.41, 5.74) is 2.65. The van der Waals surface area contributed by atoms with E-state index in [1.807, 2.05) is 31.2 Å². The highest BCUT2D eigenvalue weighted by atomic mass is 16.6. The maximum absolute atomic E-state index is 12.7. The molecule has 3 aromatic rings. The summed E-state index contributed by atoms with van der Waals surface area (Å²) in [7, 11) is 0. The number of non-ortho nitro benzene ring substituents is 2. The predicted octanol–water partition coefficient (Wildman–Crippen LogP) is 3.93. The van der Waals surface area contributed by atoms with Crippen LogP contribution in [0.1, 0.15) is 32.9 Å². The summed E-state index contributed by atoms with van der Waals surface area (Å²) >= 11 is 0. The van der Waals surface area contributed by atoms with E-state index in [0.29, 0.717) is 23.6 Å². The Labute approximate surface area is 171 Å². The Hall–Kier alpha value is -4.08. The van der Waals surface area contributed by atoms with E-state index in [4.69, 9.17) is 0 Å². The number of nitro benzene ring substituents is 2. The van der Waals surface area contributed by atoms with Gasteiger partial charge in [0.15, 0.2) is 0 Å². The topological polar surface area (TPSA) is 133 Å². The smallest absolute Gasteiger partial charge is 0.277 e. The lowest BCUT2D eigenvalue weighted by Gasteiger charge is -2.08. The quantitative estimate of drug-likeness (QED) is 0.484. The van der Waals surface area contributed by atoms with E-state index < -0.39 is 27.1 Å². The van der Waals surface area contributed by atoms with Gasteiger partial charge in [-0.1, -0.05) is 29.8 Å². The van der Waals surface area contributed by atoms with Crippen LogP contribution in [0.4, 0.5) is 17.1 Å². The van der Waals surface area contributed by atoms with Crippen LogP contribution >= 0.6 is 0 Å². The predicted molar refractivity (Wildman–Crippen MR) is 110 cm³/mol. The minimum absolute atomic E-state index is 0.180. The third-order valence-electron chi connectivity index (χ3n) is 4.62. The normalized spacial score (nSPS) is 10.6. The molecule has 10 nitrogen and oxygen atoms in total. The Kier molecular flexibility index (Phi) is 5.58. The van der Waals surface area contributed by atoms with Gasteiger partial charge in [0.25, 0.3) is 17.3 Å². The van der Waals surface area contributed by atoms with Gasteiger partial charge in [0.1, 0.15) is 0 Å². The van der Waals surface area contributed by atoms with Crippen LogP contribution in [0.15, 0.2) is 42.5 Å². The van der Waals surface area contributed by atoms with Crippen molar-refractivity contribution < 1.29 is 14.6 Å². The molecule has 0 aliphatic heterocycles. The first-order chi connectivity index (χ1) is 14.2. The Balaban J connectivity index is 1.90. The number of hydrogen-bond donors (Lipinski definition) is 1. The lowest BCUT2D eigenvalue weighted by Crippen LogP contribution is -2.14. The number of carbonyl (C=O) groups is 1. The molecule has 0 fully saturated rings. The van der Waals surface area contributed by atoms with E-state index in [0.717, 1.165) is 29.3 Å². The summed E-state index contributed by atoms with van der Waals surface area (Å²) in [4.78, 5) is 33.2. The lowest BCUT2D eigenvalue weighted by molar-refractivity contribution is -0.394. The molecule has 154 valence electrons. The van der Waals surface area contributed by atoms with Crippen molar-refractivity contribution in [3.05, 3.63) is 90.8 Å². The Morgan fingerprint density at radius 2 is 1.67 bits per heavy atom. The highest BCUT2D eigenvalue weighted by Crippen LogP contribution is 2.25. The molecular formula is C20H19N5O5. The van der Waals surface area contributed by atoms with Gasteiger partial charge >= 0.3 is 0 Å². The molecule has 0 radical (unpaired) electrons. The fourth-order valence-corrected chi connectivity index (χ4v) is 3.14. The standard InChI is InChI=1S/C20H19N5O5/c1-12-5-4-6-15(7-12)11-23-14(3)19(13(2)22-23)21-20(26)16-8-17(24(27)28)10-18(9-16)25(29)30/h4-10H,11H2,1-3H3,(H,21,26). The number of rotatable bonds is 6. The molecule has 0 aliphatic carbocycles. The van der Waals surface area contributed by atoms with Crippen LogP contribution in [-0.4, -0.2) is 25.5 Å². The number of aryl methyl sites for hydroxylation is 2. The number of carbonyl (C=O) groups excluding carboxylic acids is 1. The lowest BCUT2D eigenvalue weighted by atomic mass is 10.1. The molecule has 1 heterocycles. The number of nitrogens with zero attached hydrogens (tertiary/aromatic N) is 4. The summed E-state index contributed by atoms with van der Waals surface area (Å²) in [5.74, 6) is -0.692. The zero-order chi connectivity index (χ0) is 22.0. The van der Waals surface area contributed by atoms with Crippen molar-refractivity contribution in [1.29, 1.82) is 0 Å². The number of amides is 1. The summed E-state index contributed by atoms with van der Waals surface area (Å²) < 4.78 is 1.75. The molecule has 0 bridgehead atoms. The van der Waals surface area contributed by atoms with E-state index in [-0.39, 0.29) is 5.56 Å². The summed E-state index contributed by atoms with van der Waals surface area (Å²) in [6, 6.07) is 10.8. The molecule has 30 heavy (non-hydrogen) atoms. The molecule has 1 amide bonds. The van der Waals surface area contributed by atoms with E-state index in [2.05, 4.69) is 10.4 Å². The average molecular weight is 409 g/mol. The van der Waals surface area contributed by atoms with Crippen molar-refractivity contribution in [1.82, 2.24) is 9.78 Å². The number of hydrogen-bond acceptors (Lipinski definition) is 6. The van der Waals surface area contributed by atoms with Crippen LogP contribution in [0.25, 0.3) is 0 Å². The van der Waals surface area contributed by atoms with Gasteiger partial charge in [-0.25, -0.2) is 0 Å². The van der Waals surface area contributed by atoms with Crippen molar-refractivity contribution in [2.75, 3.05) is 5.32 Å². The third kappa shape index (κ3) is 4.32. The summed E-state index contributed by atoms with van der Waals surface area (Å²) in [6.45, 7) is 6.02. The highest BCUT2D eigenvalue weighted by molar-refractivity contribution is 6.05. The van der Waals surface area contributed by atoms with Gasteiger partial charge < -0.3 is 5.32 Å². The maximum Gasteiger partial charge on any atom is 0.277 e. The Bertz CT molecular complexity index is 1140. The largest absolute Gasteiger partial charge is 0.319 e. The van der Waals surface area contributed by atoms with Crippen molar-refractivity contribution in [3.8, 4) is 0 Å². The molecular weight excluding hydrogens is 390 g/mol. The van der Waals surface area contributed by atoms with E-state index in [1.54, 1.807) is 18.5 Å². The third-order valence-corrected chi connectivity index (χ3v) is 4.62. The first kappa shape index (κ1) is 20.6. The second kappa shape index (κ2) is 8.11. The zero-order valence-corrected chi connectivity index (χ0v) is 16.6. The van der Waals surface area contributed by atoms with Gasteiger partial charge in [0, 0.05) is 12.1 Å². The second-order valence-electron chi connectivity index (χ2n) is 6.90. The molecule has 2 aromatic carbocycles. The van der Waals surface area contributed by atoms with Gasteiger partial charge in [-0.2, -0.15) is 5.10 Å². The molecule has 0 unspecified atom stereocenters. The molecule has 1 aromatic heterocycles. The molecule has 0 saturated heterocycles. The van der Waals surface area contributed by atoms with E-state index in [1.165, 1.54) is 0 Å². The monoisotopic (exact) mass is 409 g/mol. The van der Waals surface area contributed by atoms with Crippen LogP contribution in [0.2, 0.25) is 0 Å². The number of aromatic nitrogens is 2. The molecule has 1 N–H and O–H groups in total. The van der Waals surface area contributed by atoms with Gasteiger partial charge in [0.05, 0.1) is 45.1 Å². The van der Waals surface area contributed by atoms with Crippen LogP contribution < -0.4 is 5.32 Å². The summed E-state index contributed by atoms with van der Waals surface area (Å²) in [6.07, 6.45) is 0. The van der Waals surface area contributed by atoms with Gasteiger partial charge in [-0.05, 0) is 26.3 Å². The van der Waals surface area contributed by atoms with Gasteiger partial charge in [-0.3, -0.25) is 29.7 Å². The minimum Gasteiger partial charge on any atom is -0.319 e. The SMILES string of the molecule is Cc1cccc(Cn2nc(C)c(NC(=O)c3cc([N+](=O)[O-])cc([N+](=O)[O-])c3)c2C)c1. The maximum atomic E-state index is 12.7. The first-order valence-electron chi connectivity index (χ1n) is 9.00. The Morgan fingerprint density at radius 3 is 2.23 bits per heavy atom. The van der Waals surface area contributed by atoms with Crippen LogP contribution in [0, 0.1) is 41.0 Å². The van der Waals surface area contributed by atoms with Crippen LogP contribution in [0.3, 0.4) is 0 Å². The molecule has 10 heteroatoms. The zero-order valence-electron chi connectivity index (χ0n) is 16.6. The summed E-state index contributed by atoms with van der Waals surface area (Å²) in [5, 5.41) is 29.2. The molecule has 0 saturated carbocycles. The second-order valence-corrected chi connectivity index (χ2v) is 6.90. The van der Waals surface area contributed by atoms with Crippen molar-refractivity contribution in [2.45, 2.75) is 27.3 Å². The van der Waals surface area contributed by atoms with E-state index in [9.17, 15) is 25.0 Å². The number of nitrogens with one attached hydrogen (secondary N) is 1. The molecule has 3 rings (SSSR count). The molecule has 0 atom stereocenters. The van der Waals surface area contributed by atoms with E-state index >= 15 is 0 Å². The van der Waals surface area contributed by atoms with Crippen LogP contribution in [-0.2, 0) is 6.54 Å². The fraction of sp³-hybridized carbons (Fsp3) is 0.200. The Morgan fingerprint density at radius 1 is 1.03 bits per heavy atom. The molecule has 0 aliphatic rings. The van der Waals surface area contributed by atoms with Gasteiger partial charge in [0.2, 0.25) is 0 Å². The van der Waals surface area contributed by atoms with Crippen molar-refractivity contribution in [3.63, 3.8) is 0 Å². The molecule has 0 spiro atoms. The minimum atomic E-state index is -0.778. The fourth-order valence-electron chi connectivity index (χ4n) is 3.14. The average Bonchev–Trinajstić information content (AvgIpc) is 2.94. The highest BCUT2D eigenvalue weighted by Gasteiger charge is 2.22. The van der Waals surface area contributed by atoms with Crippen molar-refractivity contribution >= 4 is 23.0 Å².